The topological polar surface area (TPSA) is 68.0 Å². The van der Waals surface area contributed by atoms with E-state index in [4.69, 9.17) is 5.73 Å². The van der Waals surface area contributed by atoms with Crippen molar-refractivity contribution in [1.29, 1.82) is 0 Å². The minimum absolute atomic E-state index is 0. The van der Waals surface area contributed by atoms with Gasteiger partial charge in [-0.15, -0.1) is 23.7 Å². The van der Waals surface area contributed by atoms with Gasteiger partial charge in [-0.05, 0) is 37.5 Å². The third-order valence-electron chi connectivity index (χ3n) is 3.44. The lowest BCUT2D eigenvalue weighted by atomic mass is 10.1. The summed E-state index contributed by atoms with van der Waals surface area (Å²) in [5, 5.41) is 2.97. The van der Waals surface area contributed by atoms with E-state index in [2.05, 4.69) is 10.3 Å². The highest BCUT2D eigenvalue weighted by atomic mass is 35.5. The molecule has 102 valence electrons. The molecule has 1 aliphatic rings. The zero-order chi connectivity index (χ0) is 12.5. The Labute approximate surface area is 121 Å². The number of hydrogen-bond donors (Lipinski definition) is 2. The van der Waals surface area contributed by atoms with Crippen LogP contribution in [0.1, 0.15) is 19.3 Å². The number of carbonyl (C=O) groups excluding carboxylic acids is 1. The molecule has 0 bridgehead atoms. The number of halogens is 1. The average molecular weight is 298 g/mol. The van der Waals surface area contributed by atoms with Crippen molar-refractivity contribution >= 4 is 45.6 Å². The van der Waals surface area contributed by atoms with Gasteiger partial charge in [0.15, 0.2) is 0 Å². The molecule has 1 amide bonds. The fourth-order valence-corrected chi connectivity index (χ4v) is 3.15. The lowest BCUT2D eigenvalue weighted by Gasteiger charge is -2.10. The fraction of sp³-hybridized carbons (Fsp3) is 0.385. The van der Waals surface area contributed by atoms with Crippen molar-refractivity contribution in [2.75, 3.05) is 5.32 Å². The molecule has 1 aliphatic carbocycles. The molecule has 0 aliphatic heterocycles. The number of aromatic nitrogens is 1. The van der Waals surface area contributed by atoms with Crippen LogP contribution >= 0.6 is 23.7 Å². The Morgan fingerprint density at radius 3 is 3.00 bits per heavy atom. The average Bonchev–Trinajstić information content (AvgIpc) is 2.96. The molecule has 4 nitrogen and oxygen atoms in total. The van der Waals surface area contributed by atoms with Gasteiger partial charge in [-0.1, -0.05) is 0 Å². The fourth-order valence-electron chi connectivity index (χ4n) is 2.43. The second-order valence-corrected chi connectivity index (χ2v) is 5.68. The maximum absolute atomic E-state index is 12.1. The minimum atomic E-state index is 0. The Morgan fingerprint density at radius 1 is 1.42 bits per heavy atom. The summed E-state index contributed by atoms with van der Waals surface area (Å²) in [6, 6.07) is 5.99. The molecule has 1 fully saturated rings. The summed E-state index contributed by atoms with van der Waals surface area (Å²) >= 11 is 1.58. The van der Waals surface area contributed by atoms with Crippen LogP contribution in [0.15, 0.2) is 23.7 Å². The van der Waals surface area contributed by atoms with E-state index < -0.39 is 0 Å². The van der Waals surface area contributed by atoms with Gasteiger partial charge in [-0.2, -0.15) is 0 Å². The van der Waals surface area contributed by atoms with E-state index in [0.717, 1.165) is 35.2 Å². The molecule has 1 aromatic carbocycles. The predicted molar refractivity (Wildman–Crippen MR) is 80.8 cm³/mol. The van der Waals surface area contributed by atoms with Crippen LogP contribution in [-0.2, 0) is 4.79 Å². The maximum Gasteiger partial charge on any atom is 0.227 e. The van der Waals surface area contributed by atoms with Crippen LogP contribution in [0, 0.1) is 5.92 Å². The summed E-state index contributed by atoms with van der Waals surface area (Å²) in [6.45, 7) is 0. The Morgan fingerprint density at radius 2 is 2.26 bits per heavy atom. The van der Waals surface area contributed by atoms with Crippen LogP contribution in [-0.4, -0.2) is 16.9 Å². The smallest absolute Gasteiger partial charge is 0.227 e. The van der Waals surface area contributed by atoms with E-state index in [-0.39, 0.29) is 30.3 Å². The molecular weight excluding hydrogens is 282 g/mol. The number of fused-ring (bicyclic) bond motifs is 1. The molecule has 1 heterocycles. The number of nitrogens with two attached hydrogens (primary N) is 1. The highest BCUT2D eigenvalue weighted by Gasteiger charge is 2.27. The van der Waals surface area contributed by atoms with E-state index in [1.807, 2.05) is 23.7 Å². The lowest BCUT2D eigenvalue weighted by molar-refractivity contribution is -0.119. The number of carbonyl (C=O) groups is 1. The Kier molecular flexibility index (Phi) is 4.39. The van der Waals surface area contributed by atoms with Crippen molar-refractivity contribution < 1.29 is 4.79 Å². The first-order valence-corrected chi connectivity index (χ1v) is 7.00. The molecule has 2 unspecified atom stereocenters. The Bertz CT molecular complexity index is 586. The number of nitrogens with zero attached hydrogens (tertiary/aromatic N) is 1. The molecule has 1 aromatic heterocycles. The zero-order valence-corrected chi connectivity index (χ0v) is 12.0. The van der Waals surface area contributed by atoms with Crippen LogP contribution in [0.5, 0.6) is 0 Å². The van der Waals surface area contributed by atoms with Crippen LogP contribution < -0.4 is 11.1 Å². The Hall–Kier alpha value is -1.17. The quantitative estimate of drug-likeness (QED) is 0.895. The third-order valence-corrected chi connectivity index (χ3v) is 4.23. The number of hydrogen-bond acceptors (Lipinski definition) is 4. The highest BCUT2D eigenvalue weighted by molar-refractivity contribution is 7.16. The van der Waals surface area contributed by atoms with Crippen LogP contribution in [0.2, 0.25) is 0 Å². The molecule has 2 atom stereocenters. The summed E-state index contributed by atoms with van der Waals surface area (Å²) < 4.78 is 1.09. The number of anilines is 1. The van der Waals surface area contributed by atoms with E-state index in [1.165, 1.54) is 0 Å². The van der Waals surface area contributed by atoms with Crippen molar-refractivity contribution in [2.24, 2.45) is 11.7 Å². The van der Waals surface area contributed by atoms with Gasteiger partial charge in [0.1, 0.15) is 0 Å². The normalized spacial score (nSPS) is 22.2. The third kappa shape index (κ3) is 3.05. The van der Waals surface area contributed by atoms with Gasteiger partial charge < -0.3 is 11.1 Å². The first kappa shape index (κ1) is 14.2. The van der Waals surface area contributed by atoms with Crippen molar-refractivity contribution in [3.05, 3.63) is 23.7 Å². The number of amides is 1. The van der Waals surface area contributed by atoms with Gasteiger partial charge in [-0.25, -0.2) is 4.98 Å². The van der Waals surface area contributed by atoms with Crippen LogP contribution in [0.25, 0.3) is 10.2 Å². The molecule has 1 saturated carbocycles. The number of benzene rings is 1. The van der Waals surface area contributed by atoms with Crippen molar-refractivity contribution in [2.45, 2.75) is 25.3 Å². The summed E-state index contributed by atoms with van der Waals surface area (Å²) in [5.74, 6) is 0.156. The predicted octanol–water partition coefficient (Wildman–Crippen LogP) is 2.78. The van der Waals surface area contributed by atoms with Crippen molar-refractivity contribution in [3.63, 3.8) is 0 Å². The molecular formula is C13H16ClN3OS. The molecule has 19 heavy (non-hydrogen) atoms. The van der Waals surface area contributed by atoms with Gasteiger partial charge in [0, 0.05) is 17.6 Å². The van der Waals surface area contributed by atoms with Gasteiger partial charge in [0.2, 0.25) is 5.91 Å². The van der Waals surface area contributed by atoms with Gasteiger partial charge in [0.05, 0.1) is 15.7 Å². The first-order valence-electron chi connectivity index (χ1n) is 6.12. The SMILES string of the molecule is Cl.NC1CCC(C(=O)Nc2ccc3ncsc3c2)C1. The molecule has 6 heteroatoms. The standard InChI is InChI=1S/C13H15N3OS.ClH/c14-9-2-1-8(5-9)13(17)16-10-3-4-11-12(6-10)18-7-15-11;/h3-4,6-9H,1-2,5,14H2,(H,16,17);1H. The number of thiazole rings is 1. The van der Waals surface area contributed by atoms with E-state index >= 15 is 0 Å². The summed E-state index contributed by atoms with van der Waals surface area (Å²) in [6.07, 6.45) is 2.65. The Balaban J connectivity index is 0.00000133. The van der Waals surface area contributed by atoms with Gasteiger partial charge >= 0.3 is 0 Å². The summed E-state index contributed by atoms with van der Waals surface area (Å²) in [4.78, 5) is 16.3. The molecule has 2 aromatic rings. The molecule has 0 saturated heterocycles. The van der Waals surface area contributed by atoms with Gasteiger partial charge in [0.25, 0.3) is 0 Å². The second kappa shape index (κ2) is 5.86. The minimum Gasteiger partial charge on any atom is -0.328 e. The van der Waals surface area contributed by atoms with Crippen LogP contribution in [0.3, 0.4) is 0 Å². The largest absolute Gasteiger partial charge is 0.328 e. The molecule has 0 spiro atoms. The first-order chi connectivity index (χ1) is 8.72. The number of rotatable bonds is 2. The van der Waals surface area contributed by atoms with Crippen molar-refractivity contribution in [1.82, 2.24) is 4.98 Å². The molecule has 3 rings (SSSR count). The van der Waals surface area contributed by atoms with E-state index in [1.54, 1.807) is 11.3 Å². The van der Waals surface area contributed by atoms with E-state index in [0.29, 0.717) is 0 Å². The second-order valence-electron chi connectivity index (χ2n) is 4.79. The molecule has 0 radical (unpaired) electrons. The summed E-state index contributed by atoms with van der Waals surface area (Å²) in [7, 11) is 0. The summed E-state index contributed by atoms with van der Waals surface area (Å²) in [5.41, 5.74) is 9.46. The zero-order valence-electron chi connectivity index (χ0n) is 10.3. The highest BCUT2D eigenvalue weighted by Crippen LogP contribution is 2.27. The maximum atomic E-state index is 12.1. The lowest BCUT2D eigenvalue weighted by Crippen LogP contribution is -2.23. The monoisotopic (exact) mass is 297 g/mol. The van der Waals surface area contributed by atoms with Crippen molar-refractivity contribution in [3.8, 4) is 0 Å². The van der Waals surface area contributed by atoms with Gasteiger partial charge in [-0.3, -0.25) is 4.79 Å². The molecule has 3 N–H and O–H groups in total. The van der Waals surface area contributed by atoms with Crippen LogP contribution in [0.4, 0.5) is 5.69 Å². The number of nitrogens with one attached hydrogen (secondary N) is 1. The van der Waals surface area contributed by atoms with E-state index in [9.17, 15) is 4.79 Å².